The molecule has 0 bridgehead atoms. The van der Waals surface area contributed by atoms with Crippen molar-refractivity contribution in [2.24, 2.45) is 0 Å². The quantitative estimate of drug-likeness (QED) is 0.845. The molecule has 1 fully saturated rings. The fourth-order valence-corrected chi connectivity index (χ4v) is 2.45. The Morgan fingerprint density at radius 1 is 1.30 bits per heavy atom. The maximum absolute atomic E-state index is 11.6. The Bertz CT molecular complexity index is 479. The summed E-state index contributed by atoms with van der Waals surface area (Å²) in [5.41, 5.74) is 1.47. The van der Waals surface area contributed by atoms with Gasteiger partial charge in [0.1, 0.15) is 5.75 Å². The van der Waals surface area contributed by atoms with Gasteiger partial charge in [0.25, 0.3) is 6.29 Å². The molecule has 2 N–H and O–H groups in total. The van der Waals surface area contributed by atoms with Gasteiger partial charge in [-0.25, -0.2) is 0 Å². The van der Waals surface area contributed by atoms with Gasteiger partial charge in [0, 0.05) is 38.3 Å². The van der Waals surface area contributed by atoms with Crippen molar-refractivity contribution < 1.29 is 14.6 Å². The Kier molecular flexibility index (Phi) is 6.23. The number of aliphatic hydroxyl groups excluding tert-OH is 1. The Labute approximate surface area is 130 Å². The molecule has 0 aliphatic carbocycles. The van der Waals surface area contributed by atoms with Crippen LogP contribution in [-0.2, 0) is 6.54 Å². The third-order valence-corrected chi connectivity index (χ3v) is 3.42. The van der Waals surface area contributed by atoms with Gasteiger partial charge in [-0.2, -0.15) is 0 Å². The minimum absolute atomic E-state index is 0. The number of ether oxygens (including phenoxy) is 1. The molecule has 0 saturated carbocycles. The van der Waals surface area contributed by atoms with Crippen LogP contribution in [0, 0.1) is 0 Å². The maximum Gasteiger partial charge on any atom is 0.262 e. The number of ketones is 1. The summed E-state index contributed by atoms with van der Waals surface area (Å²) in [5, 5.41) is 12.8. The number of halogens is 2. The summed E-state index contributed by atoms with van der Waals surface area (Å²) >= 11 is 0. The summed E-state index contributed by atoms with van der Waals surface area (Å²) in [5.74, 6) is 0.209. The van der Waals surface area contributed by atoms with Gasteiger partial charge in [0.05, 0.1) is 5.56 Å². The van der Waals surface area contributed by atoms with E-state index in [1.807, 2.05) is 12.1 Å². The smallest absolute Gasteiger partial charge is 0.262 e. The fourth-order valence-electron chi connectivity index (χ4n) is 2.45. The zero-order valence-electron chi connectivity index (χ0n) is 10.9. The first-order chi connectivity index (χ1) is 8.75. The lowest BCUT2D eigenvalue weighted by Crippen LogP contribution is -2.42. The van der Waals surface area contributed by atoms with E-state index in [1.165, 1.54) is 0 Å². The summed E-state index contributed by atoms with van der Waals surface area (Å²) < 4.78 is 5.26. The number of benzene rings is 1. The van der Waals surface area contributed by atoms with Crippen molar-refractivity contribution in [3.63, 3.8) is 0 Å². The summed E-state index contributed by atoms with van der Waals surface area (Å²) in [6.07, 6.45) is -1.33. The Morgan fingerprint density at radius 3 is 2.70 bits per heavy atom. The monoisotopic (exact) mass is 320 g/mol. The Morgan fingerprint density at radius 2 is 2.00 bits per heavy atom. The number of fused-ring (bicyclic) bond motifs is 1. The molecule has 2 heterocycles. The number of para-hydroxylation sites is 1. The van der Waals surface area contributed by atoms with Crippen LogP contribution in [0.2, 0.25) is 0 Å². The lowest BCUT2D eigenvalue weighted by molar-refractivity contribution is 0.00796. The van der Waals surface area contributed by atoms with Crippen molar-refractivity contribution in [1.29, 1.82) is 0 Å². The molecular weight excluding hydrogens is 303 g/mol. The first kappa shape index (κ1) is 17.2. The number of Topliss-reactive ketones (excluding diaryl/α,β-unsaturated/α-hetero) is 1. The van der Waals surface area contributed by atoms with E-state index in [0.29, 0.717) is 11.3 Å². The molecular formula is C13H18Cl2N2O3. The van der Waals surface area contributed by atoms with Gasteiger partial charge in [-0.15, -0.1) is 24.8 Å². The van der Waals surface area contributed by atoms with Gasteiger partial charge >= 0.3 is 0 Å². The molecule has 20 heavy (non-hydrogen) atoms. The third kappa shape index (κ3) is 3.24. The first-order valence-electron chi connectivity index (χ1n) is 6.19. The Balaban J connectivity index is 0.000001000. The number of piperazine rings is 1. The van der Waals surface area contributed by atoms with E-state index in [9.17, 15) is 9.90 Å². The van der Waals surface area contributed by atoms with Gasteiger partial charge in [-0.3, -0.25) is 9.69 Å². The van der Waals surface area contributed by atoms with Crippen LogP contribution in [0.25, 0.3) is 0 Å². The van der Waals surface area contributed by atoms with Gasteiger partial charge in [0.15, 0.2) is 0 Å². The van der Waals surface area contributed by atoms with E-state index in [0.717, 1.165) is 38.3 Å². The van der Waals surface area contributed by atoms with Gasteiger partial charge in [0.2, 0.25) is 5.78 Å². The van der Waals surface area contributed by atoms with Crippen LogP contribution in [-0.4, -0.2) is 48.3 Å². The molecule has 1 aromatic carbocycles. The highest BCUT2D eigenvalue weighted by Gasteiger charge is 2.32. The summed E-state index contributed by atoms with van der Waals surface area (Å²) in [4.78, 5) is 14.0. The molecule has 112 valence electrons. The highest BCUT2D eigenvalue weighted by Crippen LogP contribution is 2.32. The SMILES string of the molecule is Cl.Cl.O=C1c2cccc(CN3CCNCC3)c2OC1O. The number of hydrogen-bond acceptors (Lipinski definition) is 5. The largest absolute Gasteiger partial charge is 0.456 e. The molecule has 1 aromatic rings. The number of nitrogens with zero attached hydrogens (tertiary/aromatic N) is 1. The predicted molar refractivity (Wildman–Crippen MR) is 80.1 cm³/mol. The first-order valence-corrected chi connectivity index (χ1v) is 6.19. The standard InChI is InChI=1S/C13H16N2O3.2ClH/c16-11-10-3-1-2-9(12(10)18-13(11)17)8-15-6-4-14-5-7-15;;/h1-3,13-14,17H,4-8H2;2*1H. The highest BCUT2D eigenvalue weighted by molar-refractivity contribution is 6.03. The van der Waals surface area contributed by atoms with Crippen LogP contribution in [0.1, 0.15) is 15.9 Å². The topological polar surface area (TPSA) is 61.8 Å². The minimum Gasteiger partial charge on any atom is -0.456 e. The molecule has 0 radical (unpaired) electrons. The van der Waals surface area contributed by atoms with E-state index in [-0.39, 0.29) is 30.6 Å². The normalized spacial score (nSPS) is 21.4. The van der Waals surface area contributed by atoms with Crippen molar-refractivity contribution in [3.05, 3.63) is 29.3 Å². The van der Waals surface area contributed by atoms with E-state index < -0.39 is 6.29 Å². The molecule has 2 aliphatic heterocycles. The van der Waals surface area contributed by atoms with E-state index in [1.54, 1.807) is 6.07 Å². The van der Waals surface area contributed by atoms with E-state index in [2.05, 4.69) is 10.2 Å². The zero-order chi connectivity index (χ0) is 12.5. The van der Waals surface area contributed by atoms with Crippen LogP contribution < -0.4 is 10.1 Å². The van der Waals surface area contributed by atoms with Crippen LogP contribution in [0.5, 0.6) is 5.75 Å². The molecule has 1 atom stereocenters. The molecule has 5 nitrogen and oxygen atoms in total. The summed E-state index contributed by atoms with van der Waals surface area (Å²) in [6.45, 7) is 4.69. The summed E-state index contributed by atoms with van der Waals surface area (Å²) in [6, 6.07) is 5.50. The van der Waals surface area contributed by atoms with Crippen LogP contribution in [0.15, 0.2) is 18.2 Å². The van der Waals surface area contributed by atoms with E-state index >= 15 is 0 Å². The van der Waals surface area contributed by atoms with Crippen LogP contribution >= 0.6 is 24.8 Å². The van der Waals surface area contributed by atoms with Gasteiger partial charge in [-0.05, 0) is 6.07 Å². The molecule has 0 spiro atoms. The second-order valence-electron chi connectivity index (χ2n) is 4.65. The van der Waals surface area contributed by atoms with Crippen molar-refractivity contribution in [2.75, 3.05) is 26.2 Å². The van der Waals surface area contributed by atoms with Crippen LogP contribution in [0.3, 0.4) is 0 Å². The van der Waals surface area contributed by atoms with Gasteiger partial charge in [-0.1, -0.05) is 12.1 Å². The second kappa shape index (κ2) is 7.24. The molecule has 0 amide bonds. The molecule has 1 unspecified atom stereocenters. The number of rotatable bonds is 2. The zero-order valence-corrected chi connectivity index (χ0v) is 12.5. The maximum atomic E-state index is 11.6. The number of carbonyl (C=O) groups excluding carboxylic acids is 1. The fraction of sp³-hybridized carbons (Fsp3) is 0.462. The second-order valence-corrected chi connectivity index (χ2v) is 4.65. The minimum atomic E-state index is -1.33. The lowest BCUT2D eigenvalue weighted by Gasteiger charge is -2.27. The Hall–Kier alpha value is -0.850. The average molecular weight is 321 g/mol. The highest BCUT2D eigenvalue weighted by atomic mass is 35.5. The van der Waals surface area contributed by atoms with Crippen molar-refractivity contribution in [2.45, 2.75) is 12.8 Å². The molecule has 2 aliphatic rings. The van der Waals surface area contributed by atoms with Gasteiger partial charge < -0.3 is 15.2 Å². The number of carbonyl (C=O) groups is 1. The van der Waals surface area contributed by atoms with Crippen LogP contribution in [0.4, 0.5) is 0 Å². The molecule has 7 heteroatoms. The van der Waals surface area contributed by atoms with Crippen molar-refractivity contribution >= 4 is 30.6 Å². The van der Waals surface area contributed by atoms with E-state index in [4.69, 9.17) is 4.74 Å². The third-order valence-electron chi connectivity index (χ3n) is 3.42. The number of nitrogens with one attached hydrogen (secondary N) is 1. The molecule has 1 saturated heterocycles. The number of aliphatic hydroxyl groups is 1. The summed E-state index contributed by atoms with van der Waals surface area (Å²) in [7, 11) is 0. The predicted octanol–water partition coefficient (Wildman–Crippen LogP) is 0.829. The molecule has 3 rings (SSSR count). The lowest BCUT2D eigenvalue weighted by atomic mass is 10.1. The van der Waals surface area contributed by atoms with Crippen molar-refractivity contribution in [1.82, 2.24) is 10.2 Å². The number of hydrogen-bond donors (Lipinski definition) is 2. The average Bonchev–Trinajstić information content (AvgIpc) is 2.69. The molecule has 0 aromatic heterocycles. The van der Waals surface area contributed by atoms with Crippen molar-refractivity contribution in [3.8, 4) is 5.75 Å².